The zero-order chi connectivity index (χ0) is 10.5. The van der Waals surface area contributed by atoms with Gasteiger partial charge in [-0.3, -0.25) is 0 Å². The van der Waals surface area contributed by atoms with Crippen LogP contribution in [0.2, 0.25) is 0 Å². The quantitative estimate of drug-likeness (QED) is 0.448. The van der Waals surface area contributed by atoms with Gasteiger partial charge in [0, 0.05) is 12.1 Å². The van der Waals surface area contributed by atoms with Crippen LogP contribution in [0.25, 0.3) is 0 Å². The van der Waals surface area contributed by atoms with E-state index in [9.17, 15) is 5.11 Å². The summed E-state index contributed by atoms with van der Waals surface area (Å²) in [6.07, 6.45) is 0. The van der Waals surface area contributed by atoms with Crippen molar-refractivity contribution in [1.82, 2.24) is 10.6 Å². The van der Waals surface area contributed by atoms with Crippen LogP contribution >= 0.6 is 0 Å². The lowest BCUT2D eigenvalue weighted by Gasteiger charge is -2.37. The van der Waals surface area contributed by atoms with Gasteiger partial charge in [-0.05, 0) is 27.8 Å². The first-order valence-corrected chi connectivity index (χ1v) is 4.55. The van der Waals surface area contributed by atoms with E-state index in [4.69, 9.17) is 5.11 Å². The van der Waals surface area contributed by atoms with Crippen LogP contribution < -0.4 is 10.6 Å². The minimum absolute atomic E-state index is 0.0390. The number of rotatable bonds is 6. The van der Waals surface area contributed by atoms with E-state index in [2.05, 4.69) is 10.6 Å². The van der Waals surface area contributed by atoms with Gasteiger partial charge in [-0.25, -0.2) is 0 Å². The molecule has 1 unspecified atom stereocenters. The van der Waals surface area contributed by atoms with E-state index in [1.807, 2.05) is 27.8 Å². The summed E-state index contributed by atoms with van der Waals surface area (Å²) in [4.78, 5) is 0. The number of hydrogen-bond donors (Lipinski definition) is 4. The highest BCUT2D eigenvalue weighted by atomic mass is 16.3. The molecular formula is C9H22N2O2. The highest BCUT2D eigenvalue weighted by Crippen LogP contribution is 2.09. The lowest BCUT2D eigenvalue weighted by Crippen LogP contribution is -2.61. The Kier molecular flexibility index (Phi) is 4.85. The van der Waals surface area contributed by atoms with Gasteiger partial charge >= 0.3 is 0 Å². The minimum atomic E-state index is -0.388. The molecule has 0 saturated carbocycles. The van der Waals surface area contributed by atoms with Crippen molar-refractivity contribution in [3.05, 3.63) is 0 Å². The maximum Gasteiger partial charge on any atom is 0.0623 e. The minimum Gasteiger partial charge on any atom is -0.394 e. The van der Waals surface area contributed by atoms with Crippen LogP contribution in [0.5, 0.6) is 0 Å². The number of nitrogens with one attached hydrogen (secondary N) is 2. The second-order valence-electron chi connectivity index (χ2n) is 4.42. The summed E-state index contributed by atoms with van der Waals surface area (Å²) in [5, 5.41) is 24.5. The van der Waals surface area contributed by atoms with Crippen LogP contribution in [0.4, 0.5) is 0 Å². The second kappa shape index (κ2) is 4.91. The van der Waals surface area contributed by atoms with Crippen molar-refractivity contribution in [2.24, 2.45) is 0 Å². The number of likely N-dealkylation sites (N-methyl/N-ethyl adjacent to an activating group) is 1. The molecule has 0 aliphatic carbocycles. The molecule has 0 spiro atoms. The molecule has 0 radical (unpaired) electrons. The molecule has 0 rings (SSSR count). The molecule has 4 nitrogen and oxygen atoms in total. The number of aliphatic hydroxyl groups excluding tert-OH is 2. The fourth-order valence-corrected chi connectivity index (χ4v) is 1.39. The van der Waals surface area contributed by atoms with E-state index >= 15 is 0 Å². The second-order valence-corrected chi connectivity index (χ2v) is 4.42. The monoisotopic (exact) mass is 190 g/mol. The van der Waals surface area contributed by atoms with E-state index in [1.165, 1.54) is 0 Å². The maximum atomic E-state index is 9.19. The van der Waals surface area contributed by atoms with Gasteiger partial charge in [0.2, 0.25) is 0 Å². The van der Waals surface area contributed by atoms with Crippen LogP contribution in [0.15, 0.2) is 0 Å². The molecule has 13 heavy (non-hydrogen) atoms. The highest BCUT2D eigenvalue weighted by molar-refractivity contribution is 4.92. The van der Waals surface area contributed by atoms with E-state index in [1.54, 1.807) is 0 Å². The first kappa shape index (κ1) is 12.8. The summed E-state index contributed by atoms with van der Waals surface area (Å²) in [7, 11) is 1.83. The van der Waals surface area contributed by atoms with Crippen molar-refractivity contribution in [3.8, 4) is 0 Å². The van der Waals surface area contributed by atoms with Crippen LogP contribution in [-0.4, -0.2) is 48.1 Å². The van der Waals surface area contributed by atoms with Crippen LogP contribution in [0.3, 0.4) is 0 Å². The van der Waals surface area contributed by atoms with Gasteiger partial charge in [-0.15, -0.1) is 0 Å². The maximum absolute atomic E-state index is 9.19. The third-order valence-corrected chi connectivity index (χ3v) is 1.95. The van der Waals surface area contributed by atoms with Gasteiger partial charge < -0.3 is 20.8 Å². The summed E-state index contributed by atoms with van der Waals surface area (Å²) < 4.78 is 0. The standard InChI is InChI=1S/C9H22N2O2/c1-8(2,6-12)11-9(3,7-13)5-10-4/h10-13H,5-7H2,1-4H3. The van der Waals surface area contributed by atoms with Crippen molar-refractivity contribution in [2.75, 3.05) is 26.8 Å². The van der Waals surface area contributed by atoms with Crippen molar-refractivity contribution in [2.45, 2.75) is 31.8 Å². The lowest BCUT2D eigenvalue weighted by molar-refractivity contribution is 0.104. The Bertz CT molecular complexity index is 151. The molecule has 4 heteroatoms. The third kappa shape index (κ3) is 4.57. The summed E-state index contributed by atoms with van der Waals surface area (Å²) in [5.74, 6) is 0. The molecule has 0 fully saturated rings. The van der Waals surface area contributed by atoms with Gasteiger partial charge in [0.25, 0.3) is 0 Å². The van der Waals surface area contributed by atoms with Crippen LogP contribution in [-0.2, 0) is 0 Å². The summed E-state index contributed by atoms with van der Waals surface area (Å²) in [6, 6.07) is 0. The SMILES string of the molecule is CNCC(C)(CO)NC(C)(C)CO. The zero-order valence-corrected chi connectivity index (χ0v) is 9.02. The molecule has 1 atom stereocenters. The molecule has 80 valence electrons. The molecule has 0 aromatic carbocycles. The average molecular weight is 190 g/mol. The fourth-order valence-electron chi connectivity index (χ4n) is 1.39. The van der Waals surface area contributed by atoms with Gasteiger partial charge in [-0.2, -0.15) is 0 Å². The van der Waals surface area contributed by atoms with Crippen molar-refractivity contribution < 1.29 is 10.2 Å². The first-order chi connectivity index (χ1) is 5.89. The summed E-state index contributed by atoms with van der Waals surface area (Å²) in [6.45, 7) is 6.46. The molecule has 0 aliphatic heterocycles. The summed E-state index contributed by atoms with van der Waals surface area (Å²) >= 11 is 0. The predicted octanol–water partition coefficient (Wildman–Crippen LogP) is -0.683. The largest absolute Gasteiger partial charge is 0.394 e. The van der Waals surface area contributed by atoms with Crippen LogP contribution in [0.1, 0.15) is 20.8 Å². The van der Waals surface area contributed by atoms with E-state index < -0.39 is 0 Å². The van der Waals surface area contributed by atoms with Gasteiger partial charge in [0.15, 0.2) is 0 Å². The van der Waals surface area contributed by atoms with Crippen molar-refractivity contribution in [1.29, 1.82) is 0 Å². The zero-order valence-electron chi connectivity index (χ0n) is 9.02. The molecule has 0 aliphatic rings. The molecule has 0 aromatic heterocycles. The molecule has 0 amide bonds. The Morgan fingerprint density at radius 1 is 1.08 bits per heavy atom. The van der Waals surface area contributed by atoms with Gasteiger partial charge in [0.1, 0.15) is 0 Å². The fraction of sp³-hybridized carbons (Fsp3) is 1.00. The molecular weight excluding hydrogens is 168 g/mol. The van der Waals surface area contributed by atoms with Gasteiger partial charge in [0.05, 0.1) is 18.8 Å². The summed E-state index contributed by atoms with van der Waals surface area (Å²) in [5.41, 5.74) is -0.755. The Labute approximate surface area is 80.3 Å². The topological polar surface area (TPSA) is 64.5 Å². The Morgan fingerprint density at radius 2 is 1.62 bits per heavy atom. The number of hydrogen-bond acceptors (Lipinski definition) is 4. The molecule has 0 heterocycles. The lowest BCUT2D eigenvalue weighted by atomic mass is 9.97. The van der Waals surface area contributed by atoms with Crippen LogP contribution in [0, 0.1) is 0 Å². The smallest absolute Gasteiger partial charge is 0.0623 e. The molecule has 0 saturated heterocycles. The Balaban J connectivity index is 4.25. The first-order valence-electron chi connectivity index (χ1n) is 4.55. The van der Waals surface area contributed by atoms with Crippen molar-refractivity contribution in [3.63, 3.8) is 0 Å². The van der Waals surface area contributed by atoms with Crippen molar-refractivity contribution >= 4 is 0 Å². The normalized spacial score (nSPS) is 17.1. The average Bonchev–Trinajstić information content (AvgIpc) is 2.04. The van der Waals surface area contributed by atoms with Gasteiger partial charge in [-0.1, -0.05) is 0 Å². The number of aliphatic hydroxyl groups is 2. The molecule has 0 aromatic rings. The van der Waals surface area contributed by atoms with E-state index in [-0.39, 0.29) is 24.3 Å². The Hall–Kier alpha value is -0.160. The van der Waals surface area contributed by atoms with E-state index in [0.29, 0.717) is 6.54 Å². The molecule has 0 bridgehead atoms. The van der Waals surface area contributed by atoms with E-state index in [0.717, 1.165) is 0 Å². The predicted molar refractivity (Wildman–Crippen MR) is 53.7 cm³/mol. The Morgan fingerprint density at radius 3 is 1.92 bits per heavy atom. The third-order valence-electron chi connectivity index (χ3n) is 1.95. The highest BCUT2D eigenvalue weighted by Gasteiger charge is 2.29. The molecule has 4 N–H and O–H groups in total.